The minimum atomic E-state index is -0.521. The Balaban J connectivity index is 2.45. The second kappa shape index (κ2) is 8.10. The number of nitrogens with one attached hydrogen (secondary N) is 1. The van der Waals surface area contributed by atoms with E-state index in [0.29, 0.717) is 6.54 Å². The molecule has 6 nitrogen and oxygen atoms in total. The zero-order valence-electron chi connectivity index (χ0n) is 10.1. The van der Waals surface area contributed by atoms with Gasteiger partial charge in [0.05, 0.1) is 4.92 Å². The largest absolute Gasteiger partial charge is 0.364 e. The summed E-state index contributed by atoms with van der Waals surface area (Å²) in [6.07, 6.45) is 6.37. The Labute approximate surface area is 115 Å². The number of rotatable bonds is 8. The summed E-state index contributed by atoms with van der Waals surface area (Å²) in [6, 6.07) is 0. The van der Waals surface area contributed by atoms with Crippen LogP contribution in [0.4, 0.5) is 11.5 Å². The quantitative estimate of drug-likeness (QED) is 0.343. The van der Waals surface area contributed by atoms with E-state index < -0.39 is 4.92 Å². The highest BCUT2D eigenvalue weighted by Gasteiger charge is 2.16. The van der Waals surface area contributed by atoms with Gasteiger partial charge in [-0.1, -0.05) is 6.42 Å². The van der Waals surface area contributed by atoms with Gasteiger partial charge in [-0.3, -0.25) is 10.1 Å². The molecule has 100 valence electrons. The third kappa shape index (κ3) is 5.05. The number of hydrogen-bond acceptors (Lipinski definition) is 6. The molecule has 0 aliphatic rings. The maximum atomic E-state index is 10.7. The number of aromatic nitrogens is 2. The smallest absolute Gasteiger partial charge is 0.329 e. The first kappa shape index (κ1) is 15.0. The van der Waals surface area contributed by atoms with Crippen LogP contribution in [0.15, 0.2) is 6.20 Å². The maximum Gasteiger partial charge on any atom is 0.329 e. The fraction of sp³-hybridized carbons (Fsp3) is 0.600. The van der Waals surface area contributed by atoms with Gasteiger partial charge in [0, 0.05) is 6.54 Å². The number of nitro groups is 1. The van der Waals surface area contributed by atoms with Crippen molar-refractivity contribution in [1.82, 2.24) is 9.97 Å². The molecule has 0 atom stereocenters. The van der Waals surface area contributed by atoms with Gasteiger partial charge in [0.15, 0.2) is 0 Å². The van der Waals surface area contributed by atoms with Crippen LogP contribution >= 0.6 is 23.4 Å². The van der Waals surface area contributed by atoms with Gasteiger partial charge in [-0.15, -0.1) is 0 Å². The van der Waals surface area contributed by atoms with E-state index in [1.54, 1.807) is 0 Å². The van der Waals surface area contributed by atoms with Crippen LogP contribution in [-0.2, 0) is 0 Å². The van der Waals surface area contributed by atoms with E-state index in [4.69, 9.17) is 11.6 Å². The summed E-state index contributed by atoms with van der Waals surface area (Å²) >= 11 is 7.43. The van der Waals surface area contributed by atoms with E-state index in [1.807, 2.05) is 11.8 Å². The Hall–Kier alpha value is -1.08. The molecule has 0 aromatic carbocycles. The summed E-state index contributed by atoms with van der Waals surface area (Å²) in [4.78, 5) is 17.7. The van der Waals surface area contributed by atoms with Crippen LogP contribution in [0.5, 0.6) is 0 Å². The molecule has 0 saturated carbocycles. The molecule has 8 heteroatoms. The molecule has 0 unspecified atom stereocenters. The molecule has 0 fully saturated rings. The molecule has 1 N–H and O–H groups in total. The SMILES string of the molecule is CSCCCCCNc1nc(Cl)ncc1[N+](=O)[O-]. The number of anilines is 1. The summed E-state index contributed by atoms with van der Waals surface area (Å²) < 4.78 is 0. The highest BCUT2D eigenvalue weighted by Crippen LogP contribution is 2.21. The lowest BCUT2D eigenvalue weighted by Gasteiger charge is -2.05. The van der Waals surface area contributed by atoms with E-state index >= 15 is 0 Å². The van der Waals surface area contributed by atoms with Gasteiger partial charge < -0.3 is 5.32 Å². The molecule has 18 heavy (non-hydrogen) atoms. The van der Waals surface area contributed by atoms with Crippen LogP contribution in [0.3, 0.4) is 0 Å². The van der Waals surface area contributed by atoms with Crippen molar-refractivity contribution in [3.63, 3.8) is 0 Å². The number of halogens is 1. The highest BCUT2D eigenvalue weighted by atomic mass is 35.5. The van der Waals surface area contributed by atoms with Crippen molar-refractivity contribution < 1.29 is 4.92 Å². The van der Waals surface area contributed by atoms with Crippen molar-refractivity contribution in [2.24, 2.45) is 0 Å². The summed E-state index contributed by atoms with van der Waals surface area (Å²) in [7, 11) is 0. The van der Waals surface area contributed by atoms with Gasteiger partial charge in [-0.25, -0.2) is 4.98 Å². The number of hydrogen-bond donors (Lipinski definition) is 1. The Morgan fingerprint density at radius 3 is 2.94 bits per heavy atom. The minimum absolute atomic E-state index is 0.00508. The lowest BCUT2D eigenvalue weighted by atomic mass is 10.2. The standard InChI is InChI=1S/C10H15ClN4O2S/c1-18-6-4-2-3-5-12-9-8(15(16)17)7-13-10(11)14-9/h7H,2-6H2,1H3,(H,12,13,14). The first-order valence-corrected chi connectivity index (χ1v) is 7.32. The van der Waals surface area contributed by atoms with Gasteiger partial charge in [0.1, 0.15) is 6.20 Å². The van der Waals surface area contributed by atoms with Crippen molar-refractivity contribution in [3.8, 4) is 0 Å². The van der Waals surface area contributed by atoms with Crippen molar-refractivity contribution in [2.45, 2.75) is 19.3 Å². The highest BCUT2D eigenvalue weighted by molar-refractivity contribution is 7.98. The van der Waals surface area contributed by atoms with Crippen molar-refractivity contribution in [2.75, 3.05) is 23.9 Å². The van der Waals surface area contributed by atoms with Crippen LogP contribution < -0.4 is 5.32 Å². The Morgan fingerprint density at radius 2 is 2.28 bits per heavy atom. The van der Waals surface area contributed by atoms with Gasteiger partial charge in [-0.05, 0) is 36.5 Å². The molecule has 0 saturated heterocycles. The molecule has 1 rings (SSSR count). The van der Waals surface area contributed by atoms with Gasteiger partial charge in [0.25, 0.3) is 0 Å². The Morgan fingerprint density at radius 1 is 1.50 bits per heavy atom. The molecule has 0 spiro atoms. The lowest BCUT2D eigenvalue weighted by Crippen LogP contribution is -2.07. The second-order valence-electron chi connectivity index (χ2n) is 3.61. The monoisotopic (exact) mass is 290 g/mol. The Kier molecular flexibility index (Phi) is 6.74. The first-order valence-electron chi connectivity index (χ1n) is 5.55. The zero-order valence-corrected chi connectivity index (χ0v) is 11.6. The molecule has 0 bridgehead atoms. The predicted molar refractivity (Wildman–Crippen MR) is 74.4 cm³/mol. The predicted octanol–water partition coefficient (Wildman–Crippen LogP) is 2.98. The third-order valence-electron chi connectivity index (χ3n) is 2.25. The average Bonchev–Trinajstić information content (AvgIpc) is 2.33. The van der Waals surface area contributed by atoms with Crippen molar-refractivity contribution in [3.05, 3.63) is 21.6 Å². The normalized spacial score (nSPS) is 10.3. The summed E-state index contributed by atoms with van der Waals surface area (Å²) in [6.45, 7) is 0.641. The van der Waals surface area contributed by atoms with Gasteiger partial charge >= 0.3 is 5.69 Å². The topological polar surface area (TPSA) is 81.0 Å². The number of unbranched alkanes of at least 4 members (excludes halogenated alkanes) is 2. The lowest BCUT2D eigenvalue weighted by molar-refractivity contribution is -0.384. The van der Waals surface area contributed by atoms with Crippen LogP contribution in [0.1, 0.15) is 19.3 Å². The molecule has 1 aromatic rings. The van der Waals surface area contributed by atoms with Crippen LogP contribution in [0.2, 0.25) is 5.28 Å². The fourth-order valence-corrected chi connectivity index (χ4v) is 2.00. The number of nitrogens with zero attached hydrogens (tertiary/aromatic N) is 3. The van der Waals surface area contributed by atoms with E-state index in [2.05, 4.69) is 21.5 Å². The molecule has 0 radical (unpaired) electrons. The van der Waals surface area contributed by atoms with Crippen LogP contribution in [0, 0.1) is 10.1 Å². The molecule has 1 aromatic heterocycles. The number of thioether (sulfide) groups is 1. The Bertz CT molecular complexity index is 405. The third-order valence-corrected chi connectivity index (χ3v) is 3.13. The molecular weight excluding hydrogens is 276 g/mol. The molecule has 0 aliphatic heterocycles. The molecule has 0 amide bonds. The molecule has 0 aliphatic carbocycles. The van der Waals surface area contributed by atoms with Crippen LogP contribution in [-0.4, -0.2) is 33.4 Å². The fourth-order valence-electron chi connectivity index (χ4n) is 1.37. The van der Waals surface area contributed by atoms with Crippen molar-refractivity contribution >= 4 is 34.9 Å². The summed E-state index contributed by atoms with van der Waals surface area (Å²) in [5, 5.41) is 13.7. The van der Waals surface area contributed by atoms with Crippen molar-refractivity contribution in [1.29, 1.82) is 0 Å². The molecular formula is C10H15ClN4O2S. The van der Waals surface area contributed by atoms with Gasteiger partial charge in [-0.2, -0.15) is 16.7 Å². The summed E-state index contributed by atoms with van der Waals surface area (Å²) in [5.74, 6) is 1.32. The van der Waals surface area contributed by atoms with Crippen LogP contribution in [0.25, 0.3) is 0 Å². The average molecular weight is 291 g/mol. The molecule has 1 heterocycles. The summed E-state index contributed by atoms with van der Waals surface area (Å²) in [5.41, 5.74) is -0.150. The van der Waals surface area contributed by atoms with E-state index in [9.17, 15) is 10.1 Å². The second-order valence-corrected chi connectivity index (χ2v) is 4.93. The maximum absolute atomic E-state index is 10.7. The van der Waals surface area contributed by atoms with E-state index in [0.717, 1.165) is 31.2 Å². The van der Waals surface area contributed by atoms with Gasteiger partial charge in [0.2, 0.25) is 11.1 Å². The zero-order chi connectivity index (χ0) is 13.4. The van der Waals surface area contributed by atoms with E-state index in [1.165, 1.54) is 0 Å². The first-order chi connectivity index (χ1) is 8.65. The van der Waals surface area contributed by atoms with E-state index in [-0.39, 0.29) is 16.8 Å². The minimum Gasteiger partial charge on any atom is -0.364 e.